The summed E-state index contributed by atoms with van der Waals surface area (Å²) in [6, 6.07) is 6.08. The molecule has 0 fully saturated rings. The number of benzene rings is 1. The van der Waals surface area contributed by atoms with Crippen LogP contribution in [0.15, 0.2) is 24.4 Å². The van der Waals surface area contributed by atoms with E-state index in [0.29, 0.717) is 0 Å². The highest BCUT2D eigenvalue weighted by Crippen LogP contribution is 2.25. The van der Waals surface area contributed by atoms with Gasteiger partial charge in [-0.25, -0.2) is 0 Å². The quantitative estimate of drug-likeness (QED) is 0.759. The molecular formula is C11H14N2O. The smallest absolute Gasteiger partial charge is 0.0650 e. The van der Waals surface area contributed by atoms with Crippen LogP contribution in [0, 0.1) is 0 Å². The lowest BCUT2D eigenvalue weighted by Gasteiger charge is -2.22. The Morgan fingerprint density at radius 3 is 2.93 bits per heavy atom. The van der Waals surface area contributed by atoms with E-state index in [0.717, 1.165) is 16.5 Å². The third kappa shape index (κ3) is 1.40. The molecule has 14 heavy (non-hydrogen) atoms. The van der Waals surface area contributed by atoms with Crippen molar-refractivity contribution in [2.75, 3.05) is 6.61 Å². The van der Waals surface area contributed by atoms with Crippen LogP contribution in [0.3, 0.4) is 0 Å². The summed E-state index contributed by atoms with van der Waals surface area (Å²) in [6.07, 6.45) is 1.80. The summed E-state index contributed by atoms with van der Waals surface area (Å²) in [7, 11) is 0. The molecule has 0 saturated heterocycles. The van der Waals surface area contributed by atoms with Crippen LogP contribution in [0.5, 0.6) is 0 Å². The Morgan fingerprint density at radius 1 is 1.43 bits per heavy atom. The molecule has 0 atom stereocenters. The number of aromatic amines is 1. The largest absolute Gasteiger partial charge is 0.395 e. The van der Waals surface area contributed by atoms with Gasteiger partial charge in [0.2, 0.25) is 0 Å². The number of H-pyrrole nitrogens is 1. The van der Waals surface area contributed by atoms with Crippen LogP contribution < -0.4 is 0 Å². The molecule has 3 heteroatoms. The first-order valence-electron chi connectivity index (χ1n) is 4.68. The molecule has 2 rings (SSSR count). The predicted molar refractivity (Wildman–Crippen MR) is 56.2 cm³/mol. The zero-order valence-corrected chi connectivity index (χ0v) is 8.41. The van der Waals surface area contributed by atoms with Crippen molar-refractivity contribution in [1.29, 1.82) is 0 Å². The molecule has 0 bridgehead atoms. The minimum Gasteiger partial charge on any atom is -0.395 e. The van der Waals surface area contributed by atoms with Crippen molar-refractivity contribution >= 4 is 10.9 Å². The Morgan fingerprint density at radius 2 is 2.21 bits per heavy atom. The van der Waals surface area contributed by atoms with Gasteiger partial charge in [0.05, 0.1) is 18.3 Å². The zero-order valence-electron chi connectivity index (χ0n) is 8.41. The molecular weight excluding hydrogens is 176 g/mol. The Balaban J connectivity index is 2.53. The van der Waals surface area contributed by atoms with E-state index in [-0.39, 0.29) is 12.0 Å². The van der Waals surface area contributed by atoms with Crippen molar-refractivity contribution in [2.24, 2.45) is 0 Å². The highest BCUT2D eigenvalue weighted by atomic mass is 16.3. The van der Waals surface area contributed by atoms with Crippen LogP contribution in [-0.4, -0.2) is 21.9 Å². The Hall–Kier alpha value is -1.35. The number of aromatic nitrogens is 2. The first-order valence-corrected chi connectivity index (χ1v) is 4.68. The maximum atomic E-state index is 9.25. The summed E-state index contributed by atoms with van der Waals surface area (Å²) in [5.74, 6) is 0. The third-order valence-corrected chi connectivity index (χ3v) is 2.62. The normalized spacial score (nSPS) is 12.2. The lowest BCUT2D eigenvalue weighted by Crippen LogP contribution is -2.21. The Labute approximate surface area is 82.8 Å². The highest BCUT2D eigenvalue weighted by molar-refractivity contribution is 5.78. The number of nitrogens with zero attached hydrogens (tertiary/aromatic N) is 1. The van der Waals surface area contributed by atoms with E-state index in [1.165, 1.54) is 0 Å². The average molecular weight is 190 g/mol. The maximum Gasteiger partial charge on any atom is 0.0650 e. The van der Waals surface area contributed by atoms with E-state index in [9.17, 15) is 5.11 Å². The van der Waals surface area contributed by atoms with Crippen LogP contribution in [-0.2, 0) is 5.41 Å². The lowest BCUT2D eigenvalue weighted by molar-refractivity contribution is 0.218. The fourth-order valence-electron chi connectivity index (χ4n) is 1.45. The lowest BCUT2D eigenvalue weighted by atomic mass is 9.85. The molecule has 2 aromatic rings. The highest BCUT2D eigenvalue weighted by Gasteiger charge is 2.19. The second-order valence-electron chi connectivity index (χ2n) is 4.21. The van der Waals surface area contributed by atoms with Crippen molar-refractivity contribution in [3.05, 3.63) is 30.0 Å². The van der Waals surface area contributed by atoms with Crippen molar-refractivity contribution in [3.8, 4) is 0 Å². The molecule has 1 aromatic carbocycles. The number of hydrogen-bond donors (Lipinski definition) is 2. The van der Waals surface area contributed by atoms with Gasteiger partial charge in [0.25, 0.3) is 0 Å². The summed E-state index contributed by atoms with van der Waals surface area (Å²) in [6.45, 7) is 4.19. The number of fused-ring (bicyclic) bond motifs is 1. The second-order valence-corrected chi connectivity index (χ2v) is 4.21. The first kappa shape index (κ1) is 9.21. The monoisotopic (exact) mass is 190 g/mol. The average Bonchev–Trinajstić information content (AvgIpc) is 2.64. The number of hydrogen-bond acceptors (Lipinski definition) is 2. The molecule has 1 heterocycles. The number of rotatable bonds is 2. The van der Waals surface area contributed by atoms with Crippen LogP contribution in [0.2, 0.25) is 0 Å². The minimum absolute atomic E-state index is 0.149. The van der Waals surface area contributed by atoms with Gasteiger partial charge >= 0.3 is 0 Å². The van der Waals surface area contributed by atoms with Crippen molar-refractivity contribution in [3.63, 3.8) is 0 Å². The Kier molecular flexibility index (Phi) is 2.04. The van der Waals surface area contributed by atoms with E-state index in [1.807, 2.05) is 26.0 Å². The number of aliphatic hydroxyl groups is 1. The van der Waals surface area contributed by atoms with Crippen molar-refractivity contribution in [1.82, 2.24) is 10.2 Å². The SMILES string of the molecule is CC(C)(CO)c1ccc2[nH]ncc2c1. The summed E-state index contributed by atoms with van der Waals surface area (Å²) in [4.78, 5) is 0. The van der Waals surface area contributed by atoms with E-state index in [1.54, 1.807) is 6.20 Å². The molecule has 0 aliphatic heterocycles. The zero-order chi connectivity index (χ0) is 10.2. The minimum atomic E-state index is -0.189. The predicted octanol–water partition coefficient (Wildman–Crippen LogP) is 1.83. The summed E-state index contributed by atoms with van der Waals surface area (Å²) < 4.78 is 0. The van der Waals surface area contributed by atoms with E-state index >= 15 is 0 Å². The molecule has 0 radical (unpaired) electrons. The maximum absolute atomic E-state index is 9.25. The van der Waals surface area contributed by atoms with Gasteiger partial charge in [0.15, 0.2) is 0 Å². The number of aliphatic hydroxyl groups excluding tert-OH is 1. The van der Waals surface area contributed by atoms with Gasteiger partial charge in [-0.15, -0.1) is 0 Å². The molecule has 1 aromatic heterocycles. The van der Waals surface area contributed by atoms with Crippen LogP contribution in [0.1, 0.15) is 19.4 Å². The van der Waals surface area contributed by atoms with Gasteiger partial charge in [0.1, 0.15) is 0 Å². The molecule has 0 aliphatic carbocycles. The molecule has 0 saturated carbocycles. The second kappa shape index (κ2) is 3.10. The van der Waals surface area contributed by atoms with Crippen LogP contribution >= 0.6 is 0 Å². The van der Waals surface area contributed by atoms with E-state index in [4.69, 9.17) is 0 Å². The molecule has 0 aliphatic rings. The molecule has 0 unspecified atom stereocenters. The van der Waals surface area contributed by atoms with Crippen molar-refractivity contribution < 1.29 is 5.11 Å². The Bertz CT molecular complexity index is 445. The van der Waals surface area contributed by atoms with Gasteiger partial charge in [-0.05, 0) is 17.7 Å². The van der Waals surface area contributed by atoms with Gasteiger partial charge in [-0.3, -0.25) is 5.10 Å². The fourth-order valence-corrected chi connectivity index (χ4v) is 1.45. The molecule has 0 spiro atoms. The third-order valence-electron chi connectivity index (χ3n) is 2.62. The molecule has 0 amide bonds. The molecule has 3 nitrogen and oxygen atoms in total. The fraction of sp³-hybridized carbons (Fsp3) is 0.364. The van der Waals surface area contributed by atoms with Gasteiger partial charge < -0.3 is 5.11 Å². The summed E-state index contributed by atoms with van der Waals surface area (Å²) >= 11 is 0. The van der Waals surface area contributed by atoms with E-state index < -0.39 is 0 Å². The van der Waals surface area contributed by atoms with Gasteiger partial charge in [-0.2, -0.15) is 5.10 Å². The van der Waals surface area contributed by atoms with Gasteiger partial charge in [-0.1, -0.05) is 19.9 Å². The molecule has 2 N–H and O–H groups in total. The number of nitrogens with one attached hydrogen (secondary N) is 1. The van der Waals surface area contributed by atoms with Gasteiger partial charge in [0, 0.05) is 10.8 Å². The summed E-state index contributed by atoms with van der Waals surface area (Å²) in [5, 5.41) is 17.2. The standard InChI is InChI=1S/C11H14N2O/c1-11(2,7-14)9-3-4-10-8(5-9)6-12-13-10/h3-6,14H,7H2,1-2H3,(H,12,13). The van der Waals surface area contributed by atoms with Crippen LogP contribution in [0.4, 0.5) is 0 Å². The molecule has 74 valence electrons. The van der Waals surface area contributed by atoms with E-state index in [2.05, 4.69) is 16.3 Å². The summed E-state index contributed by atoms with van der Waals surface area (Å²) in [5.41, 5.74) is 1.97. The first-order chi connectivity index (χ1) is 6.63. The topological polar surface area (TPSA) is 48.9 Å². The van der Waals surface area contributed by atoms with Crippen LogP contribution in [0.25, 0.3) is 10.9 Å². The van der Waals surface area contributed by atoms with Crippen molar-refractivity contribution in [2.45, 2.75) is 19.3 Å².